The largest absolute Gasteiger partial charge is 0.453 e. The molecule has 0 spiro atoms. The van der Waals surface area contributed by atoms with E-state index < -0.39 is 17.8 Å². The van der Waals surface area contributed by atoms with Crippen molar-refractivity contribution in [1.29, 1.82) is 0 Å². The third-order valence-electron chi connectivity index (χ3n) is 8.96. The van der Waals surface area contributed by atoms with Gasteiger partial charge in [0, 0.05) is 83.9 Å². The quantitative estimate of drug-likeness (QED) is 0.290. The van der Waals surface area contributed by atoms with E-state index in [1.807, 2.05) is 11.0 Å². The number of nitrogens with zero attached hydrogens (tertiary/aromatic N) is 8. The van der Waals surface area contributed by atoms with Crippen molar-refractivity contribution in [2.24, 2.45) is 0 Å². The predicted molar refractivity (Wildman–Crippen MR) is 182 cm³/mol. The number of hydrogen-bond acceptors (Lipinski definition) is 12. The lowest BCUT2D eigenvalue weighted by atomic mass is 10.1. The minimum Gasteiger partial charge on any atom is -0.453 e. The number of ether oxygens (including phenoxy) is 3. The first kappa shape index (κ1) is 36.9. The van der Waals surface area contributed by atoms with Gasteiger partial charge in [-0.1, -0.05) is 6.08 Å². The minimum atomic E-state index is -4.81. The maximum atomic E-state index is 14.3. The van der Waals surface area contributed by atoms with E-state index in [1.54, 1.807) is 17.2 Å². The molecule has 3 aromatic heterocycles. The molecule has 3 aliphatic heterocycles. The molecule has 280 valence electrons. The standard InChI is InChI=1S/C33H41F3N10O6/c1-50-32(49)39-27-18-25(33(34,35)36)24(19-37-27)30-40-31(45-11-15-52-16-12-45)26-17-23(22-46(26)41-30)21-43-5-7-44(8-6-43)29(48)20-38-28(47)3-2-4-42-9-13-51-14-10-42/h2-3,17-19,22H,4-16,20-21H2,1H3,(H,38,47)(H,37,39,49)/b3-2+. The van der Waals surface area contributed by atoms with Crippen LogP contribution in [0.25, 0.3) is 16.9 Å². The van der Waals surface area contributed by atoms with Crippen molar-refractivity contribution in [2.75, 3.05) is 109 Å². The van der Waals surface area contributed by atoms with Gasteiger partial charge in [0.05, 0.1) is 51.2 Å². The molecule has 0 atom stereocenters. The Morgan fingerprint density at radius 1 is 0.962 bits per heavy atom. The van der Waals surface area contributed by atoms with Gasteiger partial charge in [0.15, 0.2) is 11.6 Å². The fraction of sp³-hybridized carbons (Fsp3) is 0.515. The number of aromatic nitrogens is 4. The second kappa shape index (κ2) is 16.7. The van der Waals surface area contributed by atoms with Crippen LogP contribution in [0.1, 0.15) is 11.1 Å². The van der Waals surface area contributed by atoms with E-state index in [1.165, 1.54) is 10.6 Å². The summed E-state index contributed by atoms with van der Waals surface area (Å²) in [6.07, 6.45) is 0.218. The molecule has 0 aliphatic carbocycles. The first-order valence-electron chi connectivity index (χ1n) is 17.0. The Bertz CT molecular complexity index is 1770. The van der Waals surface area contributed by atoms with E-state index in [4.69, 9.17) is 9.47 Å². The molecule has 19 heteroatoms. The summed E-state index contributed by atoms with van der Waals surface area (Å²) in [6.45, 7) is 8.04. The zero-order valence-electron chi connectivity index (χ0n) is 28.7. The number of nitrogens with one attached hydrogen (secondary N) is 2. The molecular weight excluding hydrogens is 689 g/mol. The molecule has 2 N–H and O–H groups in total. The topological polar surface area (TPSA) is 159 Å². The zero-order valence-corrected chi connectivity index (χ0v) is 28.7. The number of carbonyl (C=O) groups excluding carboxylic acids is 3. The molecule has 3 aliphatic rings. The third kappa shape index (κ3) is 9.32. The van der Waals surface area contributed by atoms with Crippen molar-refractivity contribution in [2.45, 2.75) is 12.7 Å². The Kier molecular flexibility index (Phi) is 11.8. The van der Waals surface area contributed by atoms with Crippen LogP contribution in [0.3, 0.4) is 0 Å². The van der Waals surface area contributed by atoms with Gasteiger partial charge in [0.1, 0.15) is 11.3 Å². The molecule has 3 saturated heterocycles. The van der Waals surface area contributed by atoms with Gasteiger partial charge in [0.2, 0.25) is 11.8 Å². The van der Waals surface area contributed by atoms with Crippen LogP contribution in [-0.2, 0) is 36.5 Å². The average Bonchev–Trinajstić information content (AvgIpc) is 3.56. The Morgan fingerprint density at radius 2 is 1.67 bits per heavy atom. The van der Waals surface area contributed by atoms with E-state index in [0.29, 0.717) is 90.1 Å². The van der Waals surface area contributed by atoms with Crippen LogP contribution in [0.2, 0.25) is 0 Å². The maximum Gasteiger partial charge on any atom is 0.417 e. The van der Waals surface area contributed by atoms with Crippen molar-refractivity contribution >= 4 is 35.1 Å². The van der Waals surface area contributed by atoms with Gasteiger partial charge < -0.3 is 29.3 Å². The third-order valence-corrected chi connectivity index (χ3v) is 8.96. The van der Waals surface area contributed by atoms with Gasteiger partial charge in [-0.15, -0.1) is 5.10 Å². The summed E-state index contributed by atoms with van der Waals surface area (Å²) in [5, 5.41) is 9.32. The number of pyridine rings is 1. The number of alkyl halides is 3. The van der Waals surface area contributed by atoms with Crippen LogP contribution in [0.5, 0.6) is 0 Å². The summed E-state index contributed by atoms with van der Waals surface area (Å²) in [7, 11) is 1.09. The fourth-order valence-electron chi connectivity index (χ4n) is 6.18. The number of piperazine rings is 1. The highest BCUT2D eigenvalue weighted by molar-refractivity contribution is 5.91. The van der Waals surface area contributed by atoms with Crippen LogP contribution in [0.4, 0.5) is 29.6 Å². The van der Waals surface area contributed by atoms with Crippen LogP contribution >= 0.6 is 0 Å². The molecule has 0 aromatic carbocycles. The Hall–Kier alpha value is -4.85. The van der Waals surface area contributed by atoms with Crippen molar-refractivity contribution in [3.8, 4) is 11.4 Å². The molecule has 6 rings (SSSR count). The predicted octanol–water partition coefficient (Wildman–Crippen LogP) is 1.47. The van der Waals surface area contributed by atoms with Gasteiger partial charge in [0.25, 0.3) is 0 Å². The maximum absolute atomic E-state index is 14.3. The molecule has 3 fully saturated rings. The summed E-state index contributed by atoms with van der Waals surface area (Å²) in [6, 6.07) is 2.64. The van der Waals surface area contributed by atoms with E-state index in [2.05, 4.69) is 40.2 Å². The lowest BCUT2D eigenvalue weighted by Crippen LogP contribution is -2.50. The number of rotatable bonds is 10. The highest BCUT2D eigenvalue weighted by atomic mass is 19.4. The Balaban J connectivity index is 1.12. The second-order valence-electron chi connectivity index (χ2n) is 12.5. The van der Waals surface area contributed by atoms with Gasteiger partial charge in [-0.2, -0.15) is 13.2 Å². The smallest absolute Gasteiger partial charge is 0.417 e. The van der Waals surface area contributed by atoms with E-state index in [9.17, 15) is 27.6 Å². The minimum absolute atomic E-state index is 0.0903. The molecule has 6 heterocycles. The van der Waals surface area contributed by atoms with Crippen molar-refractivity contribution in [3.63, 3.8) is 0 Å². The molecule has 0 saturated carbocycles. The van der Waals surface area contributed by atoms with Crippen LogP contribution in [0.15, 0.2) is 36.7 Å². The van der Waals surface area contributed by atoms with E-state index >= 15 is 0 Å². The molecule has 3 aromatic rings. The Morgan fingerprint density at radius 3 is 2.37 bits per heavy atom. The van der Waals surface area contributed by atoms with Gasteiger partial charge in [-0.25, -0.2) is 19.3 Å². The summed E-state index contributed by atoms with van der Waals surface area (Å²) in [5.74, 6) is -0.545. The average molecular weight is 731 g/mol. The number of morpholine rings is 2. The normalized spacial score (nSPS) is 17.8. The number of amides is 3. The first-order valence-corrected chi connectivity index (χ1v) is 17.0. The van der Waals surface area contributed by atoms with Crippen LogP contribution < -0.4 is 15.5 Å². The highest BCUT2D eigenvalue weighted by Gasteiger charge is 2.36. The summed E-state index contributed by atoms with van der Waals surface area (Å²) < 4.78 is 59.8. The molecule has 16 nitrogen and oxygen atoms in total. The number of halogens is 3. The Labute approximate surface area is 297 Å². The van der Waals surface area contributed by atoms with Crippen LogP contribution in [-0.4, -0.2) is 151 Å². The number of anilines is 2. The number of methoxy groups -OCH3 is 1. The zero-order chi connectivity index (χ0) is 36.7. The van der Waals surface area contributed by atoms with Crippen LogP contribution in [0, 0.1) is 0 Å². The summed E-state index contributed by atoms with van der Waals surface area (Å²) in [4.78, 5) is 53.3. The first-order chi connectivity index (χ1) is 25.1. The lowest BCUT2D eigenvalue weighted by Gasteiger charge is -2.34. The molecule has 3 amide bonds. The lowest BCUT2D eigenvalue weighted by molar-refractivity contribution is -0.137. The van der Waals surface area contributed by atoms with Crippen molar-refractivity contribution < 1.29 is 41.8 Å². The number of fused-ring (bicyclic) bond motifs is 1. The summed E-state index contributed by atoms with van der Waals surface area (Å²) >= 11 is 0. The van der Waals surface area contributed by atoms with Crippen molar-refractivity contribution in [3.05, 3.63) is 47.8 Å². The second-order valence-corrected chi connectivity index (χ2v) is 12.5. The molecular formula is C33H41F3N10O6. The van der Waals surface area contributed by atoms with Gasteiger partial charge in [-0.3, -0.25) is 24.7 Å². The number of hydrogen-bond donors (Lipinski definition) is 2. The fourth-order valence-corrected chi connectivity index (χ4v) is 6.18. The summed E-state index contributed by atoms with van der Waals surface area (Å²) in [5.41, 5.74) is 0.0645. The molecule has 52 heavy (non-hydrogen) atoms. The van der Waals surface area contributed by atoms with E-state index in [-0.39, 0.29) is 35.6 Å². The van der Waals surface area contributed by atoms with Gasteiger partial charge in [-0.05, 0) is 17.7 Å². The number of carbonyl (C=O) groups is 3. The molecule has 0 bridgehead atoms. The highest BCUT2D eigenvalue weighted by Crippen LogP contribution is 2.38. The monoisotopic (exact) mass is 730 g/mol. The molecule has 0 unspecified atom stereocenters. The van der Waals surface area contributed by atoms with Gasteiger partial charge >= 0.3 is 12.3 Å². The SMILES string of the molecule is COC(=O)Nc1cc(C(F)(F)F)c(-c2nc(N3CCOCC3)c3cc(CN4CCN(C(=O)CNC(=O)/C=C/CN5CCOCC5)CC4)cn3n2)cn1. The molecule has 0 radical (unpaired) electrons. The van der Waals surface area contributed by atoms with Crippen molar-refractivity contribution in [1.82, 2.24) is 39.6 Å². The van der Waals surface area contributed by atoms with E-state index in [0.717, 1.165) is 38.0 Å².